The van der Waals surface area contributed by atoms with E-state index in [1.165, 1.54) is 0 Å². The molecule has 3 atom stereocenters. The van der Waals surface area contributed by atoms with Gasteiger partial charge in [0.15, 0.2) is 0 Å². The second kappa shape index (κ2) is 6.37. The number of hydrogen-bond acceptors (Lipinski definition) is 3. The largest absolute Gasteiger partial charge is 0.383 e. The van der Waals surface area contributed by atoms with Gasteiger partial charge in [-0.2, -0.15) is 0 Å². The van der Waals surface area contributed by atoms with E-state index in [1.807, 2.05) is 30.0 Å². The van der Waals surface area contributed by atoms with Crippen molar-refractivity contribution < 1.29 is 9.53 Å². The van der Waals surface area contributed by atoms with E-state index in [1.54, 1.807) is 7.11 Å². The zero-order chi connectivity index (χ0) is 14.7. The van der Waals surface area contributed by atoms with Crippen LogP contribution in [0.2, 0.25) is 0 Å². The fraction of sp³-hybridized carbons (Fsp3) is 0.562. The Labute approximate surface area is 121 Å². The highest BCUT2D eigenvalue weighted by atomic mass is 16.5. The van der Waals surface area contributed by atoms with E-state index in [9.17, 15) is 4.79 Å². The first-order valence-electron chi connectivity index (χ1n) is 7.18. The first-order chi connectivity index (χ1) is 9.56. The molecule has 1 aromatic carbocycles. The predicted octanol–water partition coefficient (Wildman–Crippen LogP) is 2.18. The van der Waals surface area contributed by atoms with Crippen LogP contribution in [0.25, 0.3) is 0 Å². The highest BCUT2D eigenvalue weighted by Crippen LogP contribution is 2.30. The van der Waals surface area contributed by atoms with Crippen molar-refractivity contribution in [1.29, 1.82) is 0 Å². The Bertz CT molecular complexity index is 447. The molecule has 0 bridgehead atoms. The third-order valence-electron chi connectivity index (χ3n) is 3.89. The molecule has 1 saturated heterocycles. The number of benzene rings is 1. The van der Waals surface area contributed by atoms with E-state index in [0.717, 1.165) is 5.56 Å². The summed E-state index contributed by atoms with van der Waals surface area (Å²) in [7, 11) is 1.68. The van der Waals surface area contributed by atoms with Crippen molar-refractivity contribution in [2.75, 3.05) is 13.7 Å². The van der Waals surface area contributed by atoms with Gasteiger partial charge in [0.05, 0.1) is 18.7 Å². The zero-order valence-corrected chi connectivity index (χ0v) is 12.7. The molecule has 0 saturated carbocycles. The summed E-state index contributed by atoms with van der Waals surface area (Å²) in [5, 5.41) is 3.38. The Morgan fingerprint density at radius 2 is 1.95 bits per heavy atom. The molecule has 0 radical (unpaired) electrons. The monoisotopic (exact) mass is 276 g/mol. The van der Waals surface area contributed by atoms with E-state index in [-0.39, 0.29) is 24.2 Å². The van der Waals surface area contributed by atoms with Crippen LogP contribution in [-0.4, -0.2) is 36.6 Å². The minimum Gasteiger partial charge on any atom is -0.383 e. The van der Waals surface area contributed by atoms with Gasteiger partial charge in [0.25, 0.3) is 0 Å². The molecule has 0 spiro atoms. The van der Waals surface area contributed by atoms with Crippen LogP contribution in [0, 0.1) is 5.92 Å². The molecule has 2 rings (SSSR count). The van der Waals surface area contributed by atoms with E-state index in [2.05, 4.69) is 31.3 Å². The van der Waals surface area contributed by atoms with Gasteiger partial charge in [-0.25, -0.2) is 0 Å². The summed E-state index contributed by atoms with van der Waals surface area (Å²) in [5.41, 5.74) is 1.12. The van der Waals surface area contributed by atoms with Gasteiger partial charge in [0, 0.05) is 7.11 Å². The van der Waals surface area contributed by atoms with Crippen LogP contribution in [0.1, 0.15) is 32.5 Å². The molecule has 20 heavy (non-hydrogen) atoms. The molecule has 4 nitrogen and oxygen atoms in total. The minimum absolute atomic E-state index is 0.0683. The van der Waals surface area contributed by atoms with Gasteiger partial charge < -0.3 is 9.64 Å². The fourth-order valence-electron chi connectivity index (χ4n) is 2.75. The summed E-state index contributed by atoms with van der Waals surface area (Å²) < 4.78 is 5.32. The third kappa shape index (κ3) is 2.86. The number of rotatable bonds is 5. The summed E-state index contributed by atoms with van der Waals surface area (Å²) >= 11 is 0. The van der Waals surface area contributed by atoms with Crippen molar-refractivity contribution in [1.82, 2.24) is 10.2 Å². The third-order valence-corrected chi connectivity index (χ3v) is 3.89. The topological polar surface area (TPSA) is 41.6 Å². The SMILES string of the molecule is COCC(C(C)C)N1C(=O)C(C)NC1c1ccccc1. The van der Waals surface area contributed by atoms with Gasteiger partial charge in [-0.1, -0.05) is 44.2 Å². The van der Waals surface area contributed by atoms with Gasteiger partial charge in [-0.3, -0.25) is 10.1 Å². The Balaban J connectivity index is 2.32. The molecular formula is C16H24N2O2. The lowest BCUT2D eigenvalue weighted by molar-refractivity contribution is -0.134. The van der Waals surface area contributed by atoms with E-state index >= 15 is 0 Å². The van der Waals surface area contributed by atoms with Crippen molar-refractivity contribution in [2.45, 2.75) is 39.0 Å². The minimum atomic E-state index is -0.154. The van der Waals surface area contributed by atoms with Crippen LogP contribution in [0.4, 0.5) is 0 Å². The van der Waals surface area contributed by atoms with Crippen molar-refractivity contribution >= 4 is 5.91 Å². The van der Waals surface area contributed by atoms with Crippen molar-refractivity contribution in [3.8, 4) is 0 Å². The smallest absolute Gasteiger partial charge is 0.241 e. The molecule has 1 aliphatic rings. The van der Waals surface area contributed by atoms with Gasteiger partial charge in [0.2, 0.25) is 5.91 Å². The summed E-state index contributed by atoms with van der Waals surface area (Å²) in [6, 6.07) is 10.0. The quantitative estimate of drug-likeness (QED) is 0.896. The highest BCUT2D eigenvalue weighted by Gasteiger charge is 2.41. The summed E-state index contributed by atoms with van der Waals surface area (Å²) in [4.78, 5) is 14.5. The first-order valence-corrected chi connectivity index (χ1v) is 7.18. The van der Waals surface area contributed by atoms with E-state index in [4.69, 9.17) is 4.74 Å². The van der Waals surface area contributed by atoms with Crippen LogP contribution >= 0.6 is 0 Å². The molecule has 0 aliphatic carbocycles. The fourth-order valence-corrected chi connectivity index (χ4v) is 2.75. The van der Waals surface area contributed by atoms with E-state index in [0.29, 0.717) is 12.5 Å². The van der Waals surface area contributed by atoms with Gasteiger partial charge in [-0.15, -0.1) is 0 Å². The average molecular weight is 276 g/mol. The number of nitrogens with one attached hydrogen (secondary N) is 1. The van der Waals surface area contributed by atoms with Crippen LogP contribution in [0.5, 0.6) is 0 Å². The number of ether oxygens (including phenoxy) is 1. The predicted molar refractivity (Wildman–Crippen MR) is 79.1 cm³/mol. The van der Waals surface area contributed by atoms with E-state index < -0.39 is 0 Å². The Kier molecular flexibility index (Phi) is 4.78. The molecule has 3 unspecified atom stereocenters. The summed E-state index contributed by atoms with van der Waals surface area (Å²) in [6.07, 6.45) is -0.0683. The molecule has 1 aliphatic heterocycles. The van der Waals surface area contributed by atoms with Gasteiger partial charge >= 0.3 is 0 Å². The molecule has 1 amide bonds. The molecular weight excluding hydrogens is 252 g/mol. The lowest BCUT2D eigenvalue weighted by Crippen LogP contribution is -2.45. The summed E-state index contributed by atoms with van der Waals surface area (Å²) in [5.74, 6) is 0.492. The highest BCUT2D eigenvalue weighted by molar-refractivity contribution is 5.84. The second-order valence-corrected chi connectivity index (χ2v) is 5.71. The lowest BCUT2D eigenvalue weighted by Gasteiger charge is -2.35. The van der Waals surface area contributed by atoms with Crippen molar-refractivity contribution in [3.05, 3.63) is 35.9 Å². The molecule has 0 aromatic heterocycles. The Morgan fingerprint density at radius 1 is 1.30 bits per heavy atom. The van der Waals surface area contributed by atoms with Crippen LogP contribution < -0.4 is 5.32 Å². The molecule has 1 N–H and O–H groups in total. The number of carbonyl (C=O) groups excluding carboxylic acids is 1. The maximum atomic E-state index is 12.5. The molecule has 1 fully saturated rings. The number of amides is 1. The Morgan fingerprint density at radius 3 is 2.50 bits per heavy atom. The average Bonchev–Trinajstić information content (AvgIpc) is 2.73. The second-order valence-electron chi connectivity index (χ2n) is 5.71. The standard InChI is InChI=1S/C16H24N2O2/c1-11(2)14(10-20-4)18-15(17-12(3)16(18)19)13-8-6-5-7-9-13/h5-9,11-12,14-15,17H,10H2,1-4H3. The van der Waals surface area contributed by atoms with Crippen molar-refractivity contribution in [3.63, 3.8) is 0 Å². The molecule has 1 heterocycles. The van der Waals surface area contributed by atoms with Crippen LogP contribution in [0.15, 0.2) is 30.3 Å². The number of methoxy groups -OCH3 is 1. The normalized spacial score (nSPS) is 24.4. The number of carbonyl (C=O) groups is 1. The van der Waals surface area contributed by atoms with Gasteiger partial charge in [0.1, 0.15) is 6.17 Å². The maximum absolute atomic E-state index is 12.5. The maximum Gasteiger partial charge on any atom is 0.241 e. The van der Waals surface area contributed by atoms with Crippen LogP contribution in [-0.2, 0) is 9.53 Å². The number of nitrogens with zero attached hydrogens (tertiary/aromatic N) is 1. The lowest BCUT2D eigenvalue weighted by atomic mass is 10.0. The molecule has 110 valence electrons. The van der Waals surface area contributed by atoms with Crippen molar-refractivity contribution in [2.24, 2.45) is 5.92 Å². The van der Waals surface area contributed by atoms with Crippen LogP contribution in [0.3, 0.4) is 0 Å². The molecule has 1 aromatic rings. The zero-order valence-electron chi connectivity index (χ0n) is 12.7. The molecule has 4 heteroatoms. The van der Waals surface area contributed by atoms with Gasteiger partial charge in [-0.05, 0) is 18.4 Å². The number of hydrogen-bond donors (Lipinski definition) is 1. The Hall–Kier alpha value is -1.39. The first kappa shape index (κ1) is 15.0. The summed E-state index contributed by atoms with van der Waals surface area (Å²) in [6.45, 7) is 6.73.